The highest BCUT2D eigenvalue weighted by Crippen LogP contribution is 2.16. The number of rotatable bonds is 5. The van der Waals surface area contributed by atoms with E-state index in [0.29, 0.717) is 6.54 Å². The lowest BCUT2D eigenvalue weighted by molar-refractivity contribution is 0.734. The zero-order chi connectivity index (χ0) is 12.1. The molecule has 0 fully saturated rings. The number of hydrogen-bond donors (Lipinski definition) is 1. The number of hydrogen-bond acceptors (Lipinski definition) is 4. The molecule has 0 unspecified atom stereocenters. The van der Waals surface area contributed by atoms with Crippen molar-refractivity contribution in [1.82, 2.24) is 14.8 Å². The lowest BCUT2D eigenvalue weighted by Gasteiger charge is -2.02. The van der Waals surface area contributed by atoms with Crippen molar-refractivity contribution in [2.75, 3.05) is 5.75 Å². The van der Waals surface area contributed by atoms with E-state index in [1.807, 2.05) is 17.7 Å². The molecular weight excluding hydrogens is 232 g/mol. The maximum Gasteiger partial charge on any atom is 0.190 e. The van der Waals surface area contributed by atoms with Crippen LogP contribution in [0.2, 0.25) is 0 Å². The third-order valence-electron chi connectivity index (χ3n) is 2.57. The van der Waals surface area contributed by atoms with E-state index in [9.17, 15) is 0 Å². The molecule has 1 aromatic heterocycles. The Morgan fingerprint density at radius 3 is 2.65 bits per heavy atom. The van der Waals surface area contributed by atoms with E-state index in [0.717, 1.165) is 23.2 Å². The molecule has 17 heavy (non-hydrogen) atoms. The monoisotopic (exact) mass is 248 g/mol. The fraction of sp³-hybridized carbons (Fsp3) is 0.333. The second-order valence-electron chi connectivity index (χ2n) is 3.75. The van der Waals surface area contributed by atoms with Crippen LogP contribution in [0.15, 0.2) is 35.5 Å². The summed E-state index contributed by atoms with van der Waals surface area (Å²) in [5.74, 6) is 1.83. The number of aromatic nitrogens is 3. The van der Waals surface area contributed by atoms with Crippen molar-refractivity contribution in [2.45, 2.75) is 18.1 Å². The minimum atomic E-state index is 0.433. The maximum atomic E-state index is 5.55. The standard InChI is InChI=1S/C12H16N4S/c1-16-11(9-13)14-15-12(16)17-8-7-10-5-3-2-4-6-10/h2-6H,7-9,13H2,1H3. The predicted octanol–water partition coefficient (Wildman–Crippen LogP) is 1.61. The molecule has 4 nitrogen and oxygen atoms in total. The molecule has 0 saturated carbocycles. The molecule has 0 radical (unpaired) electrons. The molecule has 2 aromatic rings. The normalized spacial score (nSPS) is 10.7. The van der Waals surface area contributed by atoms with Crippen LogP contribution in [0.4, 0.5) is 0 Å². The molecule has 90 valence electrons. The van der Waals surface area contributed by atoms with Crippen molar-refractivity contribution in [2.24, 2.45) is 12.8 Å². The van der Waals surface area contributed by atoms with Crippen LogP contribution in [0.5, 0.6) is 0 Å². The zero-order valence-electron chi connectivity index (χ0n) is 9.84. The van der Waals surface area contributed by atoms with Crippen LogP contribution in [0.25, 0.3) is 0 Å². The Morgan fingerprint density at radius 1 is 1.24 bits per heavy atom. The molecule has 0 aliphatic heterocycles. The van der Waals surface area contributed by atoms with Crippen LogP contribution in [0.1, 0.15) is 11.4 Å². The molecule has 0 aliphatic rings. The molecule has 0 spiro atoms. The Labute approximate surface area is 105 Å². The van der Waals surface area contributed by atoms with Gasteiger partial charge < -0.3 is 10.3 Å². The van der Waals surface area contributed by atoms with Gasteiger partial charge in [-0.3, -0.25) is 0 Å². The third kappa shape index (κ3) is 3.08. The Kier molecular flexibility index (Phi) is 4.17. The summed E-state index contributed by atoms with van der Waals surface area (Å²) in [6, 6.07) is 10.4. The first-order chi connectivity index (χ1) is 8.31. The van der Waals surface area contributed by atoms with Gasteiger partial charge in [0.2, 0.25) is 0 Å². The Balaban J connectivity index is 1.88. The summed E-state index contributed by atoms with van der Waals surface area (Å²) >= 11 is 1.71. The predicted molar refractivity (Wildman–Crippen MR) is 69.8 cm³/mol. The average Bonchev–Trinajstić information content (AvgIpc) is 2.72. The van der Waals surface area contributed by atoms with E-state index in [1.54, 1.807) is 11.8 Å². The highest BCUT2D eigenvalue weighted by Gasteiger charge is 2.06. The summed E-state index contributed by atoms with van der Waals surface area (Å²) in [6.45, 7) is 0.433. The fourth-order valence-corrected chi connectivity index (χ4v) is 2.47. The van der Waals surface area contributed by atoms with Gasteiger partial charge in [-0.1, -0.05) is 42.1 Å². The van der Waals surface area contributed by atoms with Crippen LogP contribution < -0.4 is 5.73 Å². The summed E-state index contributed by atoms with van der Waals surface area (Å²) in [7, 11) is 1.95. The lowest BCUT2D eigenvalue weighted by atomic mass is 10.2. The first-order valence-electron chi connectivity index (χ1n) is 5.56. The molecule has 0 atom stereocenters. The molecule has 1 aromatic carbocycles. The van der Waals surface area contributed by atoms with E-state index >= 15 is 0 Å². The first kappa shape index (κ1) is 12.1. The smallest absolute Gasteiger partial charge is 0.190 e. The first-order valence-corrected chi connectivity index (χ1v) is 6.55. The fourth-order valence-electron chi connectivity index (χ4n) is 1.55. The van der Waals surface area contributed by atoms with Crippen molar-refractivity contribution >= 4 is 11.8 Å². The Morgan fingerprint density at radius 2 is 2.00 bits per heavy atom. The van der Waals surface area contributed by atoms with Crippen molar-refractivity contribution < 1.29 is 0 Å². The van der Waals surface area contributed by atoms with Crippen molar-refractivity contribution in [3.63, 3.8) is 0 Å². The second-order valence-corrected chi connectivity index (χ2v) is 4.81. The Hall–Kier alpha value is -1.33. The van der Waals surface area contributed by atoms with E-state index in [1.165, 1.54) is 5.56 Å². The number of aryl methyl sites for hydroxylation is 1. The van der Waals surface area contributed by atoms with Gasteiger partial charge in [-0.2, -0.15) is 0 Å². The maximum absolute atomic E-state index is 5.55. The lowest BCUT2D eigenvalue weighted by Crippen LogP contribution is -2.05. The van der Waals surface area contributed by atoms with Crippen LogP contribution in [-0.2, 0) is 20.0 Å². The molecule has 0 saturated heterocycles. The average molecular weight is 248 g/mol. The van der Waals surface area contributed by atoms with E-state index in [2.05, 4.69) is 34.5 Å². The molecule has 0 bridgehead atoms. The van der Waals surface area contributed by atoms with Gasteiger partial charge in [-0.05, 0) is 12.0 Å². The summed E-state index contributed by atoms with van der Waals surface area (Å²) in [5.41, 5.74) is 6.90. The number of nitrogens with two attached hydrogens (primary N) is 1. The van der Waals surface area contributed by atoms with Crippen molar-refractivity contribution in [1.29, 1.82) is 0 Å². The summed E-state index contributed by atoms with van der Waals surface area (Å²) < 4.78 is 1.95. The van der Waals surface area contributed by atoms with Crippen molar-refractivity contribution in [3.05, 3.63) is 41.7 Å². The molecule has 5 heteroatoms. The van der Waals surface area contributed by atoms with Gasteiger partial charge in [0.05, 0.1) is 6.54 Å². The highest BCUT2D eigenvalue weighted by molar-refractivity contribution is 7.99. The minimum Gasteiger partial charge on any atom is -0.324 e. The van der Waals surface area contributed by atoms with Gasteiger partial charge in [0, 0.05) is 12.8 Å². The highest BCUT2D eigenvalue weighted by atomic mass is 32.2. The van der Waals surface area contributed by atoms with Gasteiger partial charge in [0.25, 0.3) is 0 Å². The van der Waals surface area contributed by atoms with Crippen LogP contribution in [-0.4, -0.2) is 20.5 Å². The SMILES string of the molecule is Cn1c(CN)nnc1SCCc1ccccc1. The molecule has 2 N–H and O–H groups in total. The second kappa shape index (κ2) is 5.84. The summed E-state index contributed by atoms with van der Waals surface area (Å²) in [6.07, 6.45) is 1.04. The van der Waals surface area contributed by atoms with Gasteiger partial charge in [-0.15, -0.1) is 10.2 Å². The van der Waals surface area contributed by atoms with Gasteiger partial charge in [-0.25, -0.2) is 0 Å². The molecule has 0 amide bonds. The third-order valence-corrected chi connectivity index (χ3v) is 3.59. The zero-order valence-corrected chi connectivity index (χ0v) is 10.7. The van der Waals surface area contributed by atoms with Crippen LogP contribution >= 0.6 is 11.8 Å². The largest absolute Gasteiger partial charge is 0.324 e. The van der Waals surface area contributed by atoms with Gasteiger partial charge in [0.15, 0.2) is 5.16 Å². The van der Waals surface area contributed by atoms with Crippen LogP contribution in [0, 0.1) is 0 Å². The van der Waals surface area contributed by atoms with E-state index in [4.69, 9.17) is 5.73 Å². The van der Waals surface area contributed by atoms with Crippen LogP contribution in [0.3, 0.4) is 0 Å². The number of thioether (sulfide) groups is 1. The topological polar surface area (TPSA) is 56.7 Å². The Bertz CT molecular complexity index is 467. The summed E-state index contributed by atoms with van der Waals surface area (Å²) in [5, 5.41) is 9.07. The molecular formula is C12H16N4S. The van der Waals surface area contributed by atoms with Crippen molar-refractivity contribution in [3.8, 4) is 0 Å². The molecule has 2 rings (SSSR count). The quantitative estimate of drug-likeness (QED) is 0.817. The summed E-state index contributed by atoms with van der Waals surface area (Å²) in [4.78, 5) is 0. The van der Waals surface area contributed by atoms with E-state index in [-0.39, 0.29) is 0 Å². The minimum absolute atomic E-state index is 0.433. The number of nitrogens with zero attached hydrogens (tertiary/aromatic N) is 3. The molecule has 1 heterocycles. The van der Waals surface area contributed by atoms with Gasteiger partial charge in [0.1, 0.15) is 5.82 Å². The number of benzene rings is 1. The van der Waals surface area contributed by atoms with Gasteiger partial charge >= 0.3 is 0 Å². The molecule has 0 aliphatic carbocycles. The van der Waals surface area contributed by atoms with E-state index < -0.39 is 0 Å².